The highest BCUT2D eigenvalue weighted by molar-refractivity contribution is 5.84. The third-order valence-corrected chi connectivity index (χ3v) is 4.02. The molecule has 1 aromatic rings. The predicted octanol–water partition coefficient (Wildman–Crippen LogP) is 2.67. The van der Waals surface area contributed by atoms with Gasteiger partial charge in [0.05, 0.1) is 12.2 Å². The Kier molecular flexibility index (Phi) is 2.75. The number of aryl methyl sites for hydroxylation is 1. The fourth-order valence-corrected chi connectivity index (χ4v) is 3.01. The van der Waals surface area contributed by atoms with Gasteiger partial charge in [0.1, 0.15) is 5.78 Å². The van der Waals surface area contributed by atoms with E-state index in [9.17, 15) is 4.79 Å². The van der Waals surface area contributed by atoms with Crippen LogP contribution < -0.4 is 0 Å². The number of fused-ring (bicyclic) bond motifs is 2. The van der Waals surface area contributed by atoms with Crippen molar-refractivity contribution in [1.29, 1.82) is 0 Å². The maximum atomic E-state index is 12.2. The standard InChI is InChI=1S/C15H18O2/c1-10-2-4-11(5-3-10)8-14(16)13-9-12-6-7-15(13)17-12/h2-5,12-13,15H,6-9H2,1H3. The van der Waals surface area contributed by atoms with E-state index < -0.39 is 0 Å². The van der Waals surface area contributed by atoms with Gasteiger partial charge in [0.15, 0.2) is 0 Å². The first kappa shape index (κ1) is 11.0. The van der Waals surface area contributed by atoms with Gasteiger partial charge in [0.25, 0.3) is 0 Å². The van der Waals surface area contributed by atoms with Gasteiger partial charge >= 0.3 is 0 Å². The van der Waals surface area contributed by atoms with E-state index >= 15 is 0 Å². The van der Waals surface area contributed by atoms with Crippen molar-refractivity contribution in [2.24, 2.45) is 5.92 Å². The molecule has 0 radical (unpaired) electrons. The number of ketones is 1. The van der Waals surface area contributed by atoms with Gasteiger partial charge in [-0.1, -0.05) is 29.8 Å². The Labute approximate surface area is 102 Å². The molecule has 2 aliphatic rings. The summed E-state index contributed by atoms with van der Waals surface area (Å²) in [6.07, 6.45) is 4.34. The van der Waals surface area contributed by atoms with Crippen molar-refractivity contribution >= 4 is 5.78 Å². The van der Waals surface area contributed by atoms with Gasteiger partial charge in [-0.05, 0) is 31.7 Å². The zero-order valence-electron chi connectivity index (χ0n) is 10.2. The maximum Gasteiger partial charge on any atom is 0.143 e. The average molecular weight is 230 g/mol. The fourth-order valence-electron chi connectivity index (χ4n) is 3.01. The fraction of sp³-hybridized carbons (Fsp3) is 0.533. The van der Waals surface area contributed by atoms with Crippen molar-refractivity contribution in [3.63, 3.8) is 0 Å². The zero-order valence-corrected chi connectivity index (χ0v) is 10.2. The number of carbonyl (C=O) groups is 1. The first-order valence-electron chi connectivity index (χ1n) is 6.46. The minimum atomic E-state index is 0.162. The van der Waals surface area contributed by atoms with Crippen molar-refractivity contribution < 1.29 is 9.53 Å². The number of Topliss-reactive ketones (excluding diaryl/α,β-unsaturated/α-hetero) is 1. The number of ether oxygens (including phenoxy) is 1. The molecule has 0 aromatic heterocycles. The largest absolute Gasteiger partial charge is 0.374 e. The van der Waals surface area contributed by atoms with Gasteiger partial charge in [-0.3, -0.25) is 4.79 Å². The van der Waals surface area contributed by atoms with E-state index in [2.05, 4.69) is 31.2 Å². The monoisotopic (exact) mass is 230 g/mol. The van der Waals surface area contributed by atoms with Crippen molar-refractivity contribution in [2.75, 3.05) is 0 Å². The Bertz CT molecular complexity index is 421. The lowest BCUT2D eigenvalue weighted by Crippen LogP contribution is -2.26. The number of hydrogen-bond acceptors (Lipinski definition) is 2. The molecule has 2 nitrogen and oxygen atoms in total. The summed E-state index contributed by atoms with van der Waals surface area (Å²) in [7, 11) is 0. The Hall–Kier alpha value is -1.15. The molecular formula is C15H18O2. The van der Waals surface area contributed by atoms with Gasteiger partial charge < -0.3 is 4.74 Å². The van der Waals surface area contributed by atoms with Crippen LogP contribution in [-0.2, 0) is 16.0 Å². The molecule has 0 aliphatic carbocycles. The molecule has 3 atom stereocenters. The van der Waals surface area contributed by atoms with E-state index in [4.69, 9.17) is 4.74 Å². The number of hydrogen-bond donors (Lipinski definition) is 0. The molecule has 2 saturated heterocycles. The lowest BCUT2D eigenvalue weighted by atomic mass is 9.84. The van der Waals surface area contributed by atoms with Crippen LogP contribution >= 0.6 is 0 Å². The summed E-state index contributed by atoms with van der Waals surface area (Å²) in [6.45, 7) is 2.06. The maximum absolute atomic E-state index is 12.2. The first-order valence-corrected chi connectivity index (χ1v) is 6.46. The highest BCUT2D eigenvalue weighted by Gasteiger charge is 2.43. The summed E-state index contributed by atoms with van der Waals surface area (Å²) in [4.78, 5) is 12.2. The van der Waals surface area contributed by atoms with Gasteiger partial charge in [-0.15, -0.1) is 0 Å². The molecule has 0 saturated carbocycles. The van der Waals surface area contributed by atoms with Crippen LogP contribution in [0.5, 0.6) is 0 Å². The molecule has 0 spiro atoms. The Morgan fingerprint density at radius 2 is 2.06 bits per heavy atom. The summed E-state index contributed by atoms with van der Waals surface area (Å²) in [5.41, 5.74) is 2.37. The van der Waals surface area contributed by atoms with E-state index in [-0.39, 0.29) is 12.0 Å². The smallest absolute Gasteiger partial charge is 0.143 e. The molecule has 2 fully saturated rings. The van der Waals surface area contributed by atoms with Crippen LogP contribution in [0.3, 0.4) is 0 Å². The second-order valence-electron chi connectivity index (χ2n) is 5.34. The molecule has 2 aliphatic heterocycles. The zero-order chi connectivity index (χ0) is 11.8. The first-order chi connectivity index (χ1) is 8.22. The Morgan fingerprint density at radius 1 is 1.29 bits per heavy atom. The van der Waals surface area contributed by atoms with Crippen LogP contribution in [-0.4, -0.2) is 18.0 Å². The molecule has 2 heteroatoms. The van der Waals surface area contributed by atoms with E-state index in [1.165, 1.54) is 5.56 Å². The lowest BCUT2D eigenvalue weighted by molar-refractivity contribution is -0.123. The average Bonchev–Trinajstić information content (AvgIpc) is 2.94. The van der Waals surface area contributed by atoms with Crippen molar-refractivity contribution in [1.82, 2.24) is 0 Å². The second kappa shape index (κ2) is 4.26. The summed E-state index contributed by atoms with van der Waals surface area (Å²) < 4.78 is 5.74. The molecular weight excluding hydrogens is 212 g/mol. The molecule has 90 valence electrons. The lowest BCUT2D eigenvalue weighted by Gasteiger charge is -2.17. The van der Waals surface area contributed by atoms with E-state index in [1.54, 1.807) is 0 Å². The summed E-state index contributed by atoms with van der Waals surface area (Å²) in [5, 5.41) is 0. The highest BCUT2D eigenvalue weighted by Crippen LogP contribution is 2.39. The van der Waals surface area contributed by atoms with Crippen molar-refractivity contribution in [3.8, 4) is 0 Å². The SMILES string of the molecule is Cc1ccc(CC(=O)C2CC3CCC2O3)cc1. The van der Waals surface area contributed by atoms with Crippen molar-refractivity contribution in [2.45, 2.75) is 44.8 Å². The molecule has 17 heavy (non-hydrogen) atoms. The van der Waals surface area contributed by atoms with Crippen LogP contribution in [0.4, 0.5) is 0 Å². The number of carbonyl (C=O) groups excluding carboxylic acids is 1. The molecule has 2 bridgehead atoms. The third-order valence-electron chi connectivity index (χ3n) is 4.02. The van der Waals surface area contributed by atoms with Crippen LogP contribution in [0.2, 0.25) is 0 Å². The van der Waals surface area contributed by atoms with Crippen molar-refractivity contribution in [3.05, 3.63) is 35.4 Å². The van der Waals surface area contributed by atoms with Gasteiger partial charge in [-0.25, -0.2) is 0 Å². The minimum absolute atomic E-state index is 0.162. The van der Waals surface area contributed by atoms with Gasteiger partial charge in [-0.2, -0.15) is 0 Å². The molecule has 2 heterocycles. The molecule has 3 unspecified atom stereocenters. The molecule has 0 amide bonds. The van der Waals surface area contributed by atoms with Crippen LogP contribution in [0.25, 0.3) is 0 Å². The predicted molar refractivity (Wildman–Crippen MR) is 65.9 cm³/mol. The summed E-state index contributed by atoms with van der Waals surface area (Å²) >= 11 is 0. The number of rotatable bonds is 3. The van der Waals surface area contributed by atoms with Crippen LogP contribution in [0.15, 0.2) is 24.3 Å². The van der Waals surface area contributed by atoms with Gasteiger partial charge in [0.2, 0.25) is 0 Å². The van der Waals surface area contributed by atoms with E-state index in [0.717, 1.165) is 24.8 Å². The normalized spacial score (nSPS) is 30.8. The third kappa shape index (κ3) is 2.14. The second-order valence-corrected chi connectivity index (χ2v) is 5.34. The molecule has 1 aromatic carbocycles. The summed E-state index contributed by atoms with van der Waals surface area (Å²) in [5.74, 6) is 0.524. The molecule has 3 rings (SSSR count). The summed E-state index contributed by atoms with van der Waals surface area (Å²) in [6, 6.07) is 8.25. The Balaban J connectivity index is 1.65. The van der Waals surface area contributed by atoms with Crippen LogP contribution in [0.1, 0.15) is 30.4 Å². The number of benzene rings is 1. The Morgan fingerprint density at radius 3 is 2.65 bits per heavy atom. The quantitative estimate of drug-likeness (QED) is 0.798. The van der Waals surface area contributed by atoms with E-state index in [0.29, 0.717) is 18.3 Å². The van der Waals surface area contributed by atoms with E-state index in [1.807, 2.05) is 0 Å². The minimum Gasteiger partial charge on any atom is -0.374 e. The van der Waals surface area contributed by atoms with Gasteiger partial charge in [0, 0.05) is 12.3 Å². The highest BCUT2D eigenvalue weighted by atomic mass is 16.5. The van der Waals surface area contributed by atoms with Crippen LogP contribution in [0, 0.1) is 12.8 Å². The topological polar surface area (TPSA) is 26.3 Å². The molecule has 0 N–H and O–H groups in total.